The molecule has 0 aliphatic heterocycles. The molecule has 0 radical (unpaired) electrons. The van der Waals surface area contributed by atoms with Gasteiger partial charge in [0.05, 0.1) is 16.2 Å². The maximum atomic E-state index is 13.1. The van der Waals surface area contributed by atoms with Crippen LogP contribution in [0.1, 0.15) is 84.0 Å². The molecule has 2 aliphatic rings. The summed E-state index contributed by atoms with van der Waals surface area (Å²) in [6.45, 7) is 3.11. The molecular formula is C23H37N3O3S2. The molecule has 174 valence electrons. The number of urea groups is 1. The zero-order chi connectivity index (χ0) is 22.1. The molecule has 0 unspecified atom stereocenters. The van der Waals surface area contributed by atoms with Crippen LogP contribution in [-0.4, -0.2) is 45.3 Å². The number of carboxylic acid groups (broad SMARTS) is 1. The number of hydrogen-bond donors (Lipinski definition) is 2. The zero-order valence-corrected chi connectivity index (χ0v) is 20.3. The number of thiazole rings is 1. The first kappa shape index (κ1) is 24.4. The average Bonchev–Trinajstić information content (AvgIpc) is 3.21. The first-order chi connectivity index (χ1) is 15.0. The summed E-state index contributed by atoms with van der Waals surface area (Å²) in [5.41, 5.74) is 0. The van der Waals surface area contributed by atoms with E-state index in [1.165, 1.54) is 80.9 Å². The third kappa shape index (κ3) is 8.29. The van der Waals surface area contributed by atoms with Gasteiger partial charge in [-0.05, 0) is 43.9 Å². The number of nitrogens with zero attached hydrogens (tertiary/aromatic N) is 2. The highest BCUT2D eigenvalue weighted by Gasteiger charge is 2.28. The van der Waals surface area contributed by atoms with E-state index in [-0.39, 0.29) is 11.8 Å². The highest BCUT2D eigenvalue weighted by Crippen LogP contribution is 2.31. The fourth-order valence-electron chi connectivity index (χ4n) is 4.88. The Labute approximate surface area is 194 Å². The number of aromatic nitrogens is 1. The lowest BCUT2D eigenvalue weighted by molar-refractivity contribution is -0.133. The topological polar surface area (TPSA) is 82.5 Å². The molecular weight excluding hydrogens is 430 g/mol. The lowest BCUT2D eigenvalue weighted by atomic mass is 9.85. The lowest BCUT2D eigenvalue weighted by Gasteiger charge is -2.36. The molecule has 2 fully saturated rings. The third-order valence-electron chi connectivity index (χ3n) is 6.71. The van der Waals surface area contributed by atoms with Gasteiger partial charge in [-0.15, -0.1) is 11.8 Å². The number of anilines is 1. The fraction of sp³-hybridized carbons (Fsp3) is 0.783. The maximum absolute atomic E-state index is 13.1. The van der Waals surface area contributed by atoms with Crippen molar-refractivity contribution in [3.63, 3.8) is 0 Å². The van der Waals surface area contributed by atoms with E-state index in [4.69, 9.17) is 5.11 Å². The van der Waals surface area contributed by atoms with Crippen molar-refractivity contribution in [2.75, 3.05) is 17.6 Å². The third-order valence-corrected chi connectivity index (χ3v) is 8.80. The summed E-state index contributed by atoms with van der Waals surface area (Å²) < 4.78 is 0.809. The Bertz CT molecular complexity index is 698. The second-order valence-electron chi connectivity index (χ2n) is 9.20. The van der Waals surface area contributed by atoms with Gasteiger partial charge in [0.2, 0.25) is 0 Å². The minimum atomic E-state index is -0.852. The number of carboxylic acids is 1. The van der Waals surface area contributed by atoms with Crippen molar-refractivity contribution in [3.05, 3.63) is 6.20 Å². The molecule has 0 atom stereocenters. The van der Waals surface area contributed by atoms with Gasteiger partial charge in [0.1, 0.15) is 0 Å². The summed E-state index contributed by atoms with van der Waals surface area (Å²) in [5.74, 6) is 0.793. The highest BCUT2D eigenvalue weighted by atomic mass is 32.2. The predicted octanol–water partition coefficient (Wildman–Crippen LogP) is 6.48. The number of rotatable bonds is 10. The van der Waals surface area contributed by atoms with Crippen LogP contribution in [0.25, 0.3) is 0 Å². The number of unbranched alkanes of at least 4 members (excludes halogenated alkanes) is 1. The molecule has 3 rings (SSSR count). The van der Waals surface area contributed by atoms with Crippen LogP contribution in [0, 0.1) is 11.8 Å². The van der Waals surface area contributed by atoms with Gasteiger partial charge in [0, 0.05) is 12.6 Å². The van der Waals surface area contributed by atoms with E-state index >= 15 is 0 Å². The quantitative estimate of drug-likeness (QED) is 0.304. The molecule has 2 N–H and O–H groups in total. The summed E-state index contributed by atoms with van der Waals surface area (Å²) >= 11 is 2.58. The van der Waals surface area contributed by atoms with E-state index in [0.29, 0.717) is 11.2 Å². The van der Waals surface area contributed by atoms with Gasteiger partial charge < -0.3 is 10.0 Å². The minimum absolute atomic E-state index is 0.00293. The Morgan fingerprint density at radius 3 is 2.61 bits per heavy atom. The van der Waals surface area contributed by atoms with E-state index in [2.05, 4.69) is 22.1 Å². The molecule has 2 amide bonds. The molecule has 0 saturated heterocycles. The molecule has 2 saturated carbocycles. The van der Waals surface area contributed by atoms with Gasteiger partial charge >= 0.3 is 12.0 Å². The van der Waals surface area contributed by atoms with Crippen LogP contribution in [0.2, 0.25) is 0 Å². The number of aliphatic carboxylic acids is 1. The van der Waals surface area contributed by atoms with Crippen molar-refractivity contribution in [2.24, 2.45) is 11.8 Å². The van der Waals surface area contributed by atoms with Crippen LogP contribution in [0.4, 0.5) is 9.93 Å². The molecule has 1 aromatic rings. The van der Waals surface area contributed by atoms with Crippen molar-refractivity contribution in [2.45, 2.75) is 94.2 Å². The molecule has 6 nitrogen and oxygen atoms in total. The van der Waals surface area contributed by atoms with Crippen LogP contribution in [0.3, 0.4) is 0 Å². The summed E-state index contributed by atoms with van der Waals surface area (Å²) in [4.78, 5) is 30.2. The Hall–Kier alpha value is -1.28. The number of hydrogen-bond acceptors (Lipinski definition) is 5. The van der Waals surface area contributed by atoms with E-state index in [0.717, 1.165) is 41.9 Å². The Morgan fingerprint density at radius 1 is 1.16 bits per heavy atom. The second kappa shape index (κ2) is 12.7. The Balaban J connectivity index is 1.52. The van der Waals surface area contributed by atoms with Crippen LogP contribution in [0.15, 0.2) is 10.4 Å². The molecule has 1 aromatic heterocycles. The molecule has 0 spiro atoms. The van der Waals surface area contributed by atoms with Crippen molar-refractivity contribution >= 4 is 40.2 Å². The standard InChI is InChI=1S/C23H37N3O3S2/c1-17-10-12-19(13-11-17)26(14-6-5-9-18-7-3-2-4-8-18)23(29)25-22-24-15-21(31-22)30-16-20(27)28/h15,17-19H,2-14,16H2,1H3,(H,27,28)(H,24,25,29)/t17-,19-. The first-order valence-corrected chi connectivity index (χ1v) is 13.7. The summed E-state index contributed by atoms with van der Waals surface area (Å²) in [7, 11) is 0. The summed E-state index contributed by atoms with van der Waals surface area (Å²) in [6.07, 6.45) is 16.7. The van der Waals surface area contributed by atoms with Gasteiger partial charge in [-0.2, -0.15) is 0 Å². The van der Waals surface area contributed by atoms with Crippen LogP contribution < -0.4 is 5.32 Å². The van der Waals surface area contributed by atoms with Gasteiger partial charge in [-0.1, -0.05) is 63.2 Å². The van der Waals surface area contributed by atoms with Crippen molar-refractivity contribution < 1.29 is 14.7 Å². The van der Waals surface area contributed by atoms with E-state index < -0.39 is 5.97 Å². The molecule has 0 aromatic carbocycles. The van der Waals surface area contributed by atoms with E-state index in [1.54, 1.807) is 6.20 Å². The monoisotopic (exact) mass is 467 g/mol. The second-order valence-corrected chi connectivity index (χ2v) is 11.5. The van der Waals surface area contributed by atoms with Crippen molar-refractivity contribution in [1.82, 2.24) is 9.88 Å². The Morgan fingerprint density at radius 2 is 1.90 bits per heavy atom. The fourth-order valence-corrected chi connectivity index (χ4v) is 6.46. The van der Waals surface area contributed by atoms with E-state index in [9.17, 15) is 9.59 Å². The maximum Gasteiger partial charge on any atom is 0.323 e. The van der Waals surface area contributed by atoms with Crippen LogP contribution in [-0.2, 0) is 4.79 Å². The van der Waals surface area contributed by atoms with Gasteiger partial charge in [0.25, 0.3) is 0 Å². The molecule has 31 heavy (non-hydrogen) atoms. The molecule has 0 bridgehead atoms. The van der Waals surface area contributed by atoms with Gasteiger partial charge in [-0.25, -0.2) is 9.78 Å². The number of nitrogens with one attached hydrogen (secondary N) is 1. The smallest absolute Gasteiger partial charge is 0.323 e. The number of carbonyl (C=O) groups excluding carboxylic acids is 1. The zero-order valence-electron chi connectivity index (χ0n) is 18.7. The van der Waals surface area contributed by atoms with Crippen LogP contribution in [0.5, 0.6) is 0 Å². The number of amides is 2. The molecule has 2 aliphatic carbocycles. The predicted molar refractivity (Wildman–Crippen MR) is 128 cm³/mol. The number of carbonyl (C=O) groups is 2. The SMILES string of the molecule is C[C@H]1CC[C@H](N(CCCCC2CCCCC2)C(=O)Nc2ncc(SCC(=O)O)s2)CC1. The average molecular weight is 468 g/mol. The van der Waals surface area contributed by atoms with E-state index in [1.807, 2.05) is 0 Å². The van der Waals surface area contributed by atoms with Gasteiger partial charge in [0.15, 0.2) is 5.13 Å². The lowest BCUT2D eigenvalue weighted by Crippen LogP contribution is -2.45. The van der Waals surface area contributed by atoms with Crippen molar-refractivity contribution in [3.8, 4) is 0 Å². The summed E-state index contributed by atoms with van der Waals surface area (Å²) in [5, 5.41) is 12.4. The highest BCUT2D eigenvalue weighted by molar-refractivity contribution is 8.01. The number of thioether (sulfide) groups is 1. The summed E-state index contributed by atoms with van der Waals surface area (Å²) in [6, 6.07) is 0.257. The van der Waals surface area contributed by atoms with Crippen LogP contribution >= 0.6 is 23.1 Å². The molecule has 8 heteroatoms. The Kier molecular flexibility index (Phi) is 9.96. The first-order valence-electron chi connectivity index (χ1n) is 11.9. The van der Waals surface area contributed by atoms with Gasteiger partial charge in [-0.3, -0.25) is 10.1 Å². The normalized spacial score (nSPS) is 22.2. The minimum Gasteiger partial charge on any atom is -0.481 e. The van der Waals surface area contributed by atoms with Crippen molar-refractivity contribution in [1.29, 1.82) is 0 Å². The molecule has 1 heterocycles. The largest absolute Gasteiger partial charge is 0.481 e.